The third-order valence-electron chi connectivity index (χ3n) is 9.95. The van der Waals surface area contributed by atoms with Crippen LogP contribution in [0.5, 0.6) is 0 Å². The molecule has 0 saturated carbocycles. The Bertz CT molecular complexity index is 1510. The summed E-state index contributed by atoms with van der Waals surface area (Å²) in [4.78, 5) is 47.9. The second-order valence-corrected chi connectivity index (χ2v) is 14.0. The predicted octanol–water partition coefficient (Wildman–Crippen LogP) is 6.01. The van der Waals surface area contributed by atoms with Gasteiger partial charge in [-0.05, 0) is 80.8 Å². The quantitative estimate of drug-likeness (QED) is 0.280. The number of nitrogens with two attached hydrogens (primary N) is 1. The molecule has 268 valence electrons. The minimum Gasteiger partial charge on any atom is -0.436 e. The van der Waals surface area contributed by atoms with Crippen LogP contribution in [0.4, 0.5) is 47.3 Å². The van der Waals surface area contributed by atoms with Gasteiger partial charge in [-0.2, -0.15) is 26.3 Å². The molecule has 17 heteroatoms. The summed E-state index contributed by atoms with van der Waals surface area (Å²) in [5, 5.41) is 4.75. The van der Waals surface area contributed by atoms with Crippen molar-refractivity contribution in [1.82, 2.24) is 19.6 Å². The van der Waals surface area contributed by atoms with E-state index in [9.17, 15) is 40.7 Å². The van der Waals surface area contributed by atoms with Crippen LogP contribution in [0.3, 0.4) is 0 Å². The van der Waals surface area contributed by atoms with Crippen LogP contribution >= 0.6 is 11.3 Å². The maximum atomic E-state index is 13.8. The third-order valence-corrected chi connectivity index (χ3v) is 10.9. The summed E-state index contributed by atoms with van der Waals surface area (Å²) < 4.78 is 88.5. The molecule has 1 atom stereocenters. The van der Waals surface area contributed by atoms with Gasteiger partial charge in [0.15, 0.2) is 6.10 Å². The van der Waals surface area contributed by atoms with Crippen LogP contribution in [0.15, 0.2) is 23.6 Å². The topological polar surface area (TPSA) is 111 Å². The van der Waals surface area contributed by atoms with Crippen molar-refractivity contribution in [2.75, 3.05) is 50.3 Å². The molecule has 0 spiro atoms. The first-order valence-electron chi connectivity index (χ1n) is 16.4. The van der Waals surface area contributed by atoms with Gasteiger partial charge in [0, 0.05) is 49.6 Å². The molecule has 2 aromatic rings. The lowest BCUT2D eigenvalue weighted by atomic mass is 9.97. The number of amides is 4. The third kappa shape index (κ3) is 7.71. The van der Waals surface area contributed by atoms with Gasteiger partial charge in [-0.3, -0.25) is 4.79 Å². The molecule has 3 N–H and O–H groups in total. The molecule has 10 nitrogen and oxygen atoms in total. The molecule has 0 unspecified atom stereocenters. The van der Waals surface area contributed by atoms with E-state index in [1.807, 2.05) is 11.4 Å². The van der Waals surface area contributed by atoms with Crippen LogP contribution in [-0.4, -0.2) is 95.1 Å². The summed E-state index contributed by atoms with van der Waals surface area (Å²) in [6, 6.07) is 2.64. The highest BCUT2D eigenvalue weighted by atomic mass is 32.1. The maximum Gasteiger partial charge on any atom is 0.418 e. The zero-order chi connectivity index (χ0) is 35.1. The maximum absolute atomic E-state index is 13.8. The largest absolute Gasteiger partial charge is 0.436 e. The van der Waals surface area contributed by atoms with Crippen molar-refractivity contribution >= 4 is 40.7 Å². The van der Waals surface area contributed by atoms with Crippen molar-refractivity contribution in [3.05, 3.63) is 45.1 Å². The number of hydrogen-bond donors (Lipinski definition) is 2. The number of thiophene rings is 1. The molecule has 0 radical (unpaired) electrons. The van der Waals surface area contributed by atoms with Crippen LogP contribution in [0.2, 0.25) is 0 Å². The van der Waals surface area contributed by atoms with Gasteiger partial charge in [0.2, 0.25) is 0 Å². The van der Waals surface area contributed by atoms with Crippen molar-refractivity contribution < 1.29 is 45.5 Å². The number of halogens is 6. The van der Waals surface area contributed by atoms with E-state index in [0.717, 1.165) is 36.5 Å². The highest BCUT2D eigenvalue weighted by molar-refractivity contribution is 7.10. The smallest absolute Gasteiger partial charge is 0.418 e. The normalized spacial score (nSPS) is 20.7. The van der Waals surface area contributed by atoms with Gasteiger partial charge < -0.3 is 35.4 Å². The number of hydrogen-bond acceptors (Lipinski definition) is 7. The van der Waals surface area contributed by atoms with Gasteiger partial charge in [0.05, 0.1) is 29.0 Å². The SMILES string of the molecule is Nc1c(C(F)(F)F)cc(C[C@@H](OC(=O)N2CCC(N3Cc4sccc4NC3=O)CC2)C(=O)N2CCC(N3CCCC3)CC2)cc1C(F)(F)F. The van der Waals surface area contributed by atoms with E-state index in [1.54, 1.807) is 4.90 Å². The molecule has 1 aromatic carbocycles. The van der Waals surface area contributed by atoms with Crippen LogP contribution in [0, 0.1) is 0 Å². The number of carbonyl (C=O) groups is 3. The van der Waals surface area contributed by atoms with Crippen LogP contribution in [-0.2, 0) is 34.8 Å². The fourth-order valence-electron chi connectivity index (χ4n) is 7.29. The molecule has 5 heterocycles. The van der Waals surface area contributed by atoms with E-state index < -0.39 is 59.3 Å². The lowest BCUT2D eigenvalue weighted by molar-refractivity contribution is -0.142. The fraction of sp³-hybridized carbons (Fsp3) is 0.594. The van der Waals surface area contributed by atoms with Gasteiger partial charge in [0.25, 0.3) is 5.91 Å². The van der Waals surface area contributed by atoms with E-state index >= 15 is 0 Å². The van der Waals surface area contributed by atoms with Gasteiger partial charge >= 0.3 is 24.5 Å². The Kier molecular flexibility index (Phi) is 9.95. The van der Waals surface area contributed by atoms with Gasteiger partial charge in [-0.1, -0.05) is 0 Å². The molecular formula is C32H38F6N6O4S. The molecule has 3 fully saturated rings. The number of nitrogens with zero attached hydrogens (tertiary/aromatic N) is 4. The number of carbonyl (C=O) groups excluding carboxylic acids is 3. The summed E-state index contributed by atoms with van der Waals surface area (Å²) in [5.41, 5.74) is 0.783. The second kappa shape index (κ2) is 13.9. The number of anilines is 2. The Morgan fingerprint density at radius 2 is 1.47 bits per heavy atom. The van der Waals surface area contributed by atoms with E-state index in [4.69, 9.17) is 10.5 Å². The summed E-state index contributed by atoms with van der Waals surface area (Å²) in [7, 11) is 0. The Hall–Kier alpha value is -3.73. The van der Waals surface area contributed by atoms with E-state index in [-0.39, 0.29) is 31.2 Å². The Morgan fingerprint density at radius 1 is 0.898 bits per heavy atom. The van der Waals surface area contributed by atoms with E-state index in [2.05, 4.69) is 10.2 Å². The van der Waals surface area contributed by atoms with Crippen LogP contribution < -0.4 is 11.1 Å². The molecular weight excluding hydrogens is 678 g/mol. The minimum atomic E-state index is -5.20. The number of benzene rings is 1. The van der Waals surface area contributed by atoms with Crippen molar-refractivity contribution in [2.24, 2.45) is 0 Å². The number of rotatable bonds is 6. The molecule has 0 aliphatic carbocycles. The standard InChI is InChI=1S/C32H38F6N6O4S/c33-31(34,35)22-15-19(16-23(27(22)39)32(36,37)38)17-25(28(45)42-10-3-20(4-11-42)41-8-1-2-9-41)48-30(47)43-12-5-21(6-13-43)44-18-26-24(7-14-49-26)40-29(44)46/h7,14-16,20-21,25H,1-6,8-13,17-18,39H2,(H,40,46)/t25-/m1/s1. The minimum absolute atomic E-state index is 0.172. The fourth-order valence-corrected chi connectivity index (χ4v) is 8.12. The number of urea groups is 1. The summed E-state index contributed by atoms with van der Waals surface area (Å²) >= 11 is 1.52. The average Bonchev–Trinajstić information content (AvgIpc) is 3.76. The molecule has 1 aromatic heterocycles. The summed E-state index contributed by atoms with van der Waals surface area (Å²) in [6.45, 7) is 3.33. The highest BCUT2D eigenvalue weighted by Gasteiger charge is 2.42. The first-order valence-corrected chi connectivity index (χ1v) is 17.3. The lowest BCUT2D eigenvalue weighted by Crippen LogP contribution is -2.52. The van der Waals surface area contributed by atoms with Gasteiger partial charge in [-0.15, -0.1) is 11.3 Å². The zero-order valence-corrected chi connectivity index (χ0v) is 27.4. The molecule has 4 aliphatic rings. The van der Waals surface area contributed by atoms with Crippen LogP contribution in [0.1, 0.15) is 60.1 Å². The van der Waals surface area contributed by atoms with E-state index in [1.165, 1.54) is 21.1 Å². The molecule has 4 aliphatic heterocycles. The lowest BCUT2D eigenvalue weighted by Gasteiger charge is -2.40. The zero-order valence-electron chi connectivity index (χ0n) is 26.6. The monoisotopic (exact) mass is 716 g/mol. The summed E-state index contributed by atoms with van der Waals surface area (Å²) in [6.07, 6.45) is -9.39. The number of piperidine rings is 2. The second-order valence-electron chi connectivity index (χ2n) is 13.0. The molecule has 0 bridgehead atoms. The Labute approximate surface area is 283 Å². The Morgan fingerprint density at radius 3 is 2.06 bits per heavy atom. The predicted molar refractivity (Wildman–Crippen MR) is 169 cm³/mol. The summed E-state index contributed by atoms with van der Waals surface area (Å²) in [5.74, 6) is -0.682. The van der Waals surface area contributed by atoms with Crippen molar-refractivity contribution in [3.63, 3.8) is 0 Å². The number of ether oxygens (including phenoxy) is 1. The molecule has 6 rings (SSSR count). The van der Waals surface area contributed by atoms with Crippen molar-refractivity contribution in [2.45, 2.75) is 82.0 Å². The van der Waals surface area contributed by atoms with E-state index in [0.29, 0.717) is 57.5 Å². The number of alkyl halides is 6. The number of nitrogens with one attached hydrogen (secondary N) is 1. The van der Waals surface area contributed by atoms with Gasteiger partial charge in [0.1, 0.15) is 0 Å². The highest BCUT2D eigenvalue weighted by Crippen LogP contribution is 2.42. The molecule has 3 saturated heterocycles. The number of likely N-dealkylation sites (tertiary alicyclic amines) is 3. The molecule has 49 heavy (non-hydrogen) atoms. The first-order chi connectivity index (χ1) is 23.2. The average molecular weight is 717 g/mol. The Balaban J connectivity index is 1.18. The number of nitrogen functional groups attached to an aromatic ring is 1. The van der Waals surface area contributed by atoms with Crippen molar-refractivity contribution in [3.8, 4) is 0 Å². The first kappa shape index (κ1) is 35.1. The number of fused-ring (bicyclic) bond motifs is 1. The molecule has 4 amide bonds. The van der Waals surface area contributed by atoms with Crippen LogP contribution in [0.25, 0.3) is 0 Å². The van der Waals surface area contributed by atoms with Crippen molar-refractivity contribution in [1.29, 1.82) is 0 Å². The van der Waals surface area contributed by atoms with Gasteiger partial charge in [-0.25, -0.2) is 9.59 Å².